The molecular formula is C15H24O. The summed E-state index contributed by atoms with van der Waals surface area (Å²) in [4.78, 5) is 0. The number of phenols is 1. The van der Waals surface area contributed by atoms with E-state index in [0.29, 0.717) is 17.6 Å². The Hall–Kier alpha value is -0.980. The summed E-state index contributed by atoms with van der Waals surface area (Å²) in [7, 11) is 0. The van der Waals surface area contributed by atoms with Crippen molar-refractivity contribution >= 4 is 0 Å². The summed E-state index contributed by atoms with van der Waals surface area (Å²) >= 11 is 0. The molecule has 0 spiro atoms. The Balaban J connectivity index is 3.21. The second-order valence-electron chi connectivity index (χ2n) is 4.89. The number of phenolic OH excluding ortho intramolecular Hbond substituents is 1. The molecule has 0 bridgehead atoms. The van der Waals surface area contributed by atoms with Crippen LogP contribution in [0.4, 0.5) is 0 Å². The van der Waals surface area contributed by atoms with Crippen LogP contribution in [-0.4, -0.2) is 5.11 Å². The quantitative estimate of drug-likeness (QED) is 0.778. The molecule has 0 aliphatic carbocycles. The van der Waals surface area contributed by atoms with Gasteiger partial charge in [0, 0.05) is 0 Å². The second-order valence-corrected chi connectivity index (χ2v) is 4.89. The van der Waals surface area contributed by atoms with Gasteiger partial charge in [0.15, 0.2) is 0 Å². The molecule has 1 aromatic rings. The minimum atomic E-state index is 0.433. The van der Waals surface area contributed by atoms with E-state index in [1.807, 2.05) is 6.92 Å². The lowest BCUT2D eigenvalue weighted by molar-refractivity contribution is 0.457. The lowest BCUT2D eigenvalue weighted by Gasteiger charge is -2.18. The van der Waals surface area contributed by atoms with E-state index in [0.717, 1.165) is 24.0 Å². The first-order valence-corrected chi connectivity index (χ1v) is 6.34. The van der Waals surface area contributed by atoms with Crippen molar-refractivity contribution in [3.63, 3.8) is 0 Å². The molecule has 0 aromatic heterocycles. The maximum Gasteiger partial charge on any atom is 0.121 e. The maximum atomic E-state index is 10.1. The zero-order valence-corrected chi connectivity index (χ0v) is 11.2. The van der Waals surface area contributed by atoms with Gasteiger partial charge < -0.3 is 5.11 Å². The molecule has 90 valence electrons. The first-order chi connectivity index (χ1) is 7.51. The normalized spacial score (nSPS) is 14.8. The number of benzene rings is 1. The van der Waals surface area contributed by atoms with Crippen molar-refractivity contribution in [2.75, 3.05) is 0 Å². The predicted molar refractivity (Wildman–Crippen MR) is 70.3 cm³/mol. The predicted octanol–water partition coefficient (Wildman–Crippen LogP) is 4.73. The average Bonchev–Trinajstić information content (AvgIpc) is 2.30. The molecular weight excluding hydrogens is 196 g/mol. The highest BCUT2D eigenvalue weighted by atomic mass is 16.3. The largest absolute Gasteiger partial charge is 0.507 e. The first-order valence-electron chi connectivity index (χ1n) is 6.34. The first kappa shape index (κ1) is 13.1. The standard InChI is InChI=1S/C15H24O/c1-6-10(3)13-8-12(5)15(16)14(9-13)11(4)7-2/h8-11,16H,6-7H2,1-5H3. The Morgan fingerprint density at radius 2 is 1.62 bits per heavy atom. The van der Waals surface area contributed by atoms with Crippen LogP contribution in [0.1, 0.15) is 69.1 Å². The zero-order chi connectivity index (χ0) is 12.3. The van der Waals surface area contributed by atoms with Crippen molar-refractivity contribution in [1.29, 1.82) is 0 Å². The molecule has 0 saturated heterocycles. The highest BCUT2D eigenvalue weighted by Gasteiger charge is 2.14. The van der Waals surface area contributed by atoms with E-state index < -0.39 is 0 Å². The van der Waals surface area contributed by atoms with Gasteiger partial charge in [-0.05, 0) is 48.3 Å². The molecule has 0 amide bonds. The molecule has 0 radical (unpaired) electrons. The number of aromatic hydroxyl groups is 1. The van der Waals surface area contributed by atoms with Crippen molar-refractivity contribution in [3.05, 3.63) is 28.8 Å². The summed E-state index contributed by atoms with van der Waals surface area (Å²) in [6, 6.07) is 4.31. The summed E-state index contributed by atoms with van der Waals surface area (Å²) in [6.45, 7) is 10.8. The van der Waals surface area contributed by atoms with E-state index in [-0.39, 0.29) is 0 Å². The minimum Gasteiger partial charge on any atom is -0.507 e. The number of hydrogen-bond donors (Lipinski definition) is 1. The van der Waals surface area contributed by atoms with Gasteiger partial charge in [-0.25, -0.2) is 0 Å². The summed E-state index contributed by atoms with van der Waals surface area (Å²) in [5, 5.41) is 10.1. The van der Waals surface area contributed by atoms with Gasteiger partial charge in [0.1, 0.15) is 5.75 Å². The Morgan fingerprint density at radius 1 is 1.06 bits per heavy atom. The van der Waals surface area contributed by atoms with Crippen molar-refractivity contribution in [1.82, 2.24) is 0 Å². The van der Waals surface area contributed by atoms with Crippen molar-refractivity contribution < 1.29 is 5.11 Å². The van der Waals surface area contributed by atoms with E-state index in [4.69, 9.17) is 0 Å². The highest BCUT2D eigenvalue weighted by molar-refractivity contribution is 5.45. The highest BCUT2D eigenvalue weighted by Crippen LogP contribution is 2.34. The molecule has 16 heavy (non-hydrogen) atoms. The third-order valence-electron chi connectivity index (χ3n) is 3.68. The molecule has 1 aromatic carbocycles. The molecule has 1 rings (SSSR count). The van der Waals surface area contributed by atoms with Gasteiger partial charge in [-0.1, -0.05) is 39.8 Å². The Bertz CT molecular complexity index is 355. The fourth-order valence-electron chi connectivity index (χ4n) is 1.95. The lowest BCUT2D eigenvalue weighted by atomic mass is 9.89. The van der Waals surface area contributed by atoms with Gasteiger partial charge in [0.25, 0.3) is 0 Å². The van der Waals surface area contributed by atoms with Gasteiger partial charge in [0.2, 0.25) is 0 Å². The van der Waals surface area contributed by atoms with Crippen molar-refractivity contribution in [3.8, 4) is 5.75 Å². The van der Waals surface area contributed by atoms with E-state index in [1.165, 1.54) is 5.56 Å². The van der Waals surface area contributed by atoms with Crippen molar-refractivity contribution in [2.24, 2.45) is 0 Å². The Kier molecular flexibility index (Phi) is 4.40. The molecule has 0 heterocycles. The van der Waals surface area contributed by atoms with Crippen LogP contribution in [-0.2, 0) is 0 Å². The molecule has 0 fully saturated rings. The molecule has 1 heteroatoms. The SMILES string of the molecule is CCC(C)c1cc(C)c(O)c(C(C)CC)c1. The van der Waals surface area contributed by atoms with Crippen LogP contribution >= 0.6 is 0 Å². The van der Waals surface area contributed by atoms with E-state index in [1.54, 1.807) is 0 Å². The van der Waals surface area contributed by atoms with Gasteiger partial charge in [-0.2, -0.15) is 0 Å². The van der Waals surface area contributed by atoms with Crippen LogP contribution in [0, 0.1) is 6.92 Å². The molecule has 1 nitrogen and oxygen atoms in total. The monoisotopic (exact) mass is 220 g/mol. The molecule has 2 atom stereocenters. The Morgan fingerprint density at radius 3 is 2.12 bits per heavy atom. The van der Waals surface area contributed by atoms with Gasteiger partial charge >= 0.3 is 0 Å². The van der Waals surface area contributed by atoms with Crippen LogP contribution < -0.4 is 0 Å². The molecule has 0 aliphatic heterocycles. The molecule has 0 saturated carbocycles. The van der Waals surface area contributed by atoms with Crippen LogP contribution in [0.3, 0.4) is 0 Å². The Labute approximate surface area is 99.5 Å². The third kappa shape index (κ3) is 2.58. The fraction of sp³-hybridized carbons (Fsp3) is 0.600. The van der Waals surface area contributed by atoms with Crippen LogP contribution in [0.5, 0.6) is 5.75 Å². The summed E-state index contributed by atoms with van der Waals surface area (Å²) < 4.78 is 0. The van der Waals surface area contributed by atoms with Crippen LogP contribution in [0.15, 0.2) is 12.1 Å². The number of rotatable bonds is 4. The fourth-order valence-corrected chi connectivity index (χ4v) is 1.95. The van der Waals surface area contributed by atoms with Gasteiger partial charge in [0.05, 0.1) is 0 Å². The molecule has 2 unspecified atom stereocenters. The average molecular weight is 220 g/mol. The summed E-state index contributed by atoms with van der Waals surface area (Å²) in [5.74, 6) is 1.49. The molecule has 1 N–H and O–H groups in total. The summed E-state index contributed by atoms with van der Waals surface area (Å²) in [5.41, 5.74) is 3.47. The van der Waals surface area contributed by atoms with Crippen molar-refractivity contribution in [2.45, 2.75) is 59.3 Å². The van der Waals surface area contributed by atoms with E-state index >= 15 is 0 Å². The topological polar surface area (TPSA) is 20.2 Å². The minimum absolute atomic E-state index is 0.433. The summed E-state index contributed by atoms with van der Waals surface area (Å²) in [6.07, 6.45) is 2.21. The third-order valence-corrected chi connectivity index (χ3v) is 3.68. The van der Waals surface area contributed by atoms with Gasteiger partial charge in [-0.3, -0.25) is 0 Å². The second kappa shape index (κ2) is 5.38. The van der Waals surface area contributed by atoms with Crippen LogP contribution in [0.25, 0.3) is 0 Å². The number of aryl methyl sites for hydroxylation is 1. The lowest BCUT2D eigenvalue weighted by Crippen LogP contribution is -1.99. The van der Waals surface area contributed by atoms with E-state index in [2.05, 4.69) is 39.8 Å². The number of hydrogen-bond acceptors (Lipinski definition) is 1. The maximum absolute atomic E-state index is 10.1. The van der Waals surface area contributed by atoms with Gasteiger partial charge in [-0.15, -0.1) is 0 Å². The van der Waals surface area contributed by atoms with Crippen LogP contribution in [0.2, 0.25) is 0 Å². The van der Waals surface area contributed by atoms with E-state index in [9.17, 15) is 5.11 Å². The smallest absolute Gasteiger partial charge is 0.121 e. The zero-order valence-electron chi connectivity index (χ0n) is 11.2. The molecule has 0 aliphatic rings.